The highest BCUT2D eigenvalue weighted by atomic mass is 35.5. The first kappa shape index (κ1) is 22.0. The molecular weight excluding hydrogens is 452 g/mol. The molecule has 0 bridgehead atoms. The number of methoxy groups -OCH3 is 1. The van der Waals surface area contributed by atoms with Crippen LogP contribution in [0.25, 0.3) is 5.57 Å². The fourth-order valence-electron chi connectivity index (χ4n) is 3.15. The molecule has 1 aliphatic heterocycles. The van der Waals surface area contributed by atoms with Crippen molar-refractivity contribution >= 4 is 45.3 Å². The Morgan fingerprint density at radius 2 is 2.06 bits per heavy atom. The number of ether oxygens (including phenoxy) is 2. The van der Waals surface area contributed by atoms with Crippen LogP contribution in [-0.2, 0) is 16.1 Å². The molecule has 0 saturated heterocycles. The van der Waals surface area contributed by atoms with Crippen molar-refractivity contribution in [3.05, 3.63) is 65.2 Å². The first-order chi connectivity index (χ1) is 15.5. The van der Waals surface area contributed by atoms with Gasteiger partial charge in [0, 0.05) is 37.0 Å². The first-order valence-electron chi connectivity index (χ1n) is 9.57. The van der Waals surface area contributed by atoms with Crippen molar-refractivity contribution in [2.45, 2.75) is 19.1 Å². The van der Waals surface area contributed by atoms with Crippen LogP contribution in [0, 0.1) is 0 Å². The number of dihydropyridines is 1. The molecule has 3 aromatic rings. The van der Waals surface area contributed by atoms with E-state index in [1.807, 2.05) is 25.1 Å². The Hall–Kier alpha value is -3.21. The van der Waals surface area contributed by atoms with Gasteiger partial charge in [-0.3, -0.25) is 25.1 Å². The molecule has 4 heterocycles. The number of rotatable bonds is 7. The molecule has 0 radical (unpaired) electrons. The van der Waals surface area contributed by atoms with Crippen molar-refractivity contribution in [2.75, 3.05) is 19.0 Å². The predicted molar refractivity (Wildman–Crippen MR) is 122 cm³/mol. The van der Waals surface area contributed by atoms with Crippen molar-refractivity contribution < 1.29 is 14.3 Å². The zero-order valence-corrected chi connectivity index (χ0v) is 18.9. The summed E-state index contributed by atoms with van der Waals surface area (Å²) in [5, 5.41) is 11.9. The van der Waals surface area contributed by atoms with Gasteiger partial charge in [0.2, 0.25) is 5.13 Å². The number of nitrogens with one attached hydrogen (secondary N) is 1. The van der Waals surface area contributed by atoms with Crippen LogP contribution in [0.4, 0.5) is 5.13 Å². The Balaban J connectivity index is 1.50. The van der Waals surface area contributed by atoms with E-state index < -0.39 is 11.5 Å². The quantitative estimate of drug-likeness (QED) is 0.562. The molecule has 3 aromatic heterocycles. The van der Waals surface area contributed by atoms with Gasteiger partial charge in [0.15, 0.2) is 5.60 Å². The Kier molecular flexibility index (Phi) is 6.54. The van der Waals surface area contributed by atoms with E-state index >= 15 is 0 Å². The van der Waals surface area contributed by atoms with Gasteiger partial charge >= 0.3 is 0 Å². The minimum absolute atomic E-state index is 0.139. The molecule has 1 N–H and O–H groups in total. The fraction of sp³-hybridized carbons (Fsp3) is 0.238. The molecule has 4 rings (SSSR count). The number of amides is 1. The van der Waals surface area contributed by atoms with Crippen LogP contribution in [0.5, 0.6) is 5.19 Å². The van der Waals surface area contributed by atoms with Gasteiger partial charge in [0.1, 0.15) is 6.61 Å². The van der Waals surface area contributed by atoms with Crippen molar-refractivity contribution in [1.29, 1.82) is 0 Å². The Bertz CT molecular complexity index is 1170. The third kappa shape index (κ3) is 4.67. The van der Waals surface area contributed by atoms with E-state index in [0.29, 0.717) is 21.5 Å². The maximum absolute atomic E-state index is 13.3. The Labute approximate surface area is 193 Å². The second kappa shape index (κ2) is 9.51. The summed E-state index contributed by atoms with van der Waals surface area (Å²) in [7, 11) is 1.48. The molecule has 1 atom stereocenters. The summed E-state index contributed by atoms with van der Waals surface area (Å²) in [5.41, 5.74) is 1.70. The SMILES string of the molecule is COC1(C(=O)Nc2nnc(OCc3ccc(Cl)cn3)s2)CN=C(C)C=C1c1ccncc1. The molecular formula is C21H19ClN6O3S. The highest BCUT2D eigenvalue weighted by molar-refractivity contribution is 7.17. The second-order valence-electron chi connectivity index (χ2n) is 6.87. The van der Waals surface area contributed by atoms with Gasteiger partial charge in [-0.2, -0.15) is 0 Å². The lowest BCUT2D eigenvalue weighted by Gasteiger charge is -2.34. The van der Waals surface area contributed by atoms with E-state index in [4.69, 9.17) is 21.1 Å². The number of halogens is 1. The van der Waals surface area contributed by atoms with E-state index in [9.17, 15) is 4.79 Å². The summed E-state index contributed by atoms with van der Waals surface area (Å²) in [6, 6.07) is 7.14. The lowest BCUT2D eigenvalue weighted by Crippen LogP contribution is -2.50. The van der Waals surface area contributed by atoms with Crippen LogP contribution in [-0.4, -0.2) is 51.0 Å². The molecule has 9 nitrogen and oxygen atoms in total. The Morgan fingerprint density at radius 1 is 1.25 bits per heavy atom. The lowest BCUT2D eigenvalue weighted by atomic mass is 9.84. The maximum Gasteiger partial charge on any atom is 0.296 e. The molecule has 0 fully saturated rings. The number of anilines is 1. The molecule has 0 spiro atoms. The van der Waals surface area contributed by atoms with Gasteiger partial charge in [-0.25, -0.2) is 0 Å². The van der Waals surface area contributed by atoms with Crippen LogP contribution < -0.4 is 10.1 Å². The highest BCUT2D eigenvalue weighted by Gasteiger charge is 2.45. The molecule has 1 amide bonds. The molecule has 164 valence electrons. The summed E-state index contributed by atoms with van der Waals surface area (Å²) in [6.07, 6.45) is 6.72. The number of aromatic nitrogens is 4. The standard InChI is InChI=1S/C21H19ClN6O3S/c1-13-9-17(14-5-7-23-8-6-14)21(30-2,12-25-13)18(29)26-19-27-28-20(32-19)31-11-16-4-3-15(22)10-24-16/h3-10H,11-12H2,1-2H3,(H,26,27,29). The van der Waals surface area contributed by atoms with Crippen molar-refractivity contribution in [3.8, 4) is 5.19 Å². The van der Waals surface area contributed by atoms with Crippen molar-refractivity contribution in [3.63, 3.8) is 0 Å². The topological polar surface area (TPSA) is 111 Å². The molecule has 0 aromatic carbocycles. The average Bonchev–Trinajstić information content (AvgIpc) is 3.26. The molecule has 0 saturated carbocycles. The summed E-state index contributed by atoms with van der Waals surface area (Å²) < 4.78 is 11.4. The second-order valence-corrected chi connectivity index (χ2v) is 8.24. The predicted octanol–water partition coefficient (Wildman–Crippen LogP) is 3.44. The summed E-state index contributed by atoms with van der Waals surface area (Å²) >= 11 is 6.94. The minimum atomic E-state index is -1.32. The number of aliphatic imine (C=N–C) groups is 1. The molecule has 1 unspecified atom stereocenters. The zero-order valence-electron chi connectivity index (χ0n) is 17.3. The number of allylic oxidation sites excluding steroid dienone is 1. The van der Waals surface area contributed by atoms with Gasteiger partial charge in [-0.15, -0.1) is 5.10 Å². The van der Waals surface area contributed by atoms with Crippen molar-refractivity contribution in [1.82, 2.24) is 20.2 Å². The monoisotopic (exact) mass is 470 g/mol. The average molecular weight is 471 g/mol. The number of pyridine rings is 2. The number of carbonyl (C=O) groups is 1. The highest BCUT2D eigenvalue weighted by Crippen LogP contribution is 2.35. The third-order valence-corrected chi connectivity index (χ3v) is 5.78. The molecule has 0 aliphatic carbocycles. The van der Waals surface area contributed by atoms with Gasteiger partial charge in [-0.1, -0.05) is 16.7 Å². The summed E-state index contributed by atoms with van der Waals surface area (Å²) in [4.78, 5) is 26.0. The number of carbonyl (C=O) groups excluding carboxylic acids is 1. The number of hydrogen-bond donors (Lipinski definition) is 1. The van der Waals surface area contributed by atoms with E-state index in [1.54, 1.807) is 30.7 Å². The van der Waals surface area contributed by atoms with E-state index in [1.165, 1.54) is 7.11 Å². The Morgan fingerprint density at radius 3 is 2.78 bits per heavy atom. The van der Waals surface area contributed by atoms with Crippen molar-refractivity contribution in [2.24, 2.45) is 4.99 Å². The normalized spacial score (nSPS) is 18.0. The van der Waals surface area contributed by atoms with Crippen LogP contribution in [0.3, 0.4) is 0 Å². The van der Waals surface area contributed by atoms with Gasteiger partial charge in [0.25, 0.3) is 11.1 Å². The largest absolute Gasteiger partial charge is 0.462 e. The number of hydrogen-bond acceptors (Lipinski definition) is 9. The number of nitrogens with zero attached hydrogens (tertiary/aromatic N) is 5. The summed E-state index contributed by atoms with van der Waals surface area (Å²) in [6.45, 7) is 2.22. The van der Waals surface area contributed by atoms with Crippen LogP contribution in [0.2, 0.25) is 5.02 Å². The maximum atomic E-state index is 13.3. The van der Waals surface area contributed by atoms with Crippen LogP contribution in [0.1, 0.15) is 18.2 Å². The zero-order chi connectivity index (χ0) is 22.6. The van der Waals surface area contributed by atoms with Crippen LogP contribution in [0.15, 0.2) is 53.9 Å². The van der Waals surface area contributed by atoms with Gasteiger partial charge in [0.05, 0.1) is 17.3 Å². The molecule has 32 heavy (non-hydrogen) atoms. The minimum Gasteiger partial charge on any atom is -0.462 e. The van der Waals surface area contributed by atoms with E-state index in [0.717, 1.165) is 22.6 Å². The first-order valence-corrected chi connectivity index (χ1v) is 10.8. The van der Waals surface area contributed by atoms with E-state index in [-0.39, 0.29) is 18.3 Å². The smallest absolute Gasteiger partial charge is 0.296 e. The summed E-state index contributed by atoms with van der Waals surface area (Å²) in [5.74, 6) is -0.401. The fourth-order valence-corrected chi connectivity index (χ4v) is 3.85. The molecule has 11 heteroatoms. The lowest BCUT2D eigenvalue weighted by molar-refractivity contribution is -0.130. The van der Waals surface area contributed by atoms with Crippen LogP contribution >= 0.6 is 22.9 Å². The van der Waals surface area contributed by atoms with E-state index in [2.05, 4.69) is 30.5 Å². The third-order valence-electron chi connectivity index (χ3n) is 4.81. The van der Waals surface area contributed by atoms with Gasteiger partial charge < -0.3 is 9.47 Å². The molecule has 1 aliphatic rings. The van der Waals surface area contributed by atoms with Gasteiger partial charge in [-0.05, 0) is 54.2 Å².